The van der Waals surface area contributed by atoms with Crippen LogP contribution in [0.3, 0.4) is 0 Å². The fraction of sp³-hybridized carbons (Fsp3) is 0.278. The molecule has 0 saturated heterocycles. The van der Waals surface area contributed by atoms with Crippen LogP contribution in [-0.2, 0) is 12.0 Å². The molecule has 6 nitrogen and oxygen atoms in total. The zero-order valence-corrected chi connectivity index (χ0v) is 13.9. The highest BCUT2D eigenvalue weighted by atomic mass is 16.6. The van der Waals surface area contributed by atoms with E-state index < -0.39 is 4.92 Å². The van der Waals surface area contributed by atoms with Gasteiger partial charge < -0.3 is 10.4 Å². The molecule has 0 spiro atoms. The number of amides is 1. The Labute approximate surface area is 140 Å². The average Bonchev–Trinajstić information content (AvgIpc) is 2.52. The first kappa shape index (κ1) is 17.5. The van der Waals surface area contributed by atoms with E-state index >= 15 is 0 Å². The van der Waals surface area contributed by atoms with Crippen LogP contribution in [0.1, 0.15) is 42.3 Å². The van der Waals surface area contributed by atoms with Crippen LogP contribution < -0.4 is 5.32 Å². The van der Waals surface area contributed by atoms with Gasteiger partial charge in [-0.05, 0) is 29.2 Å². The summed E-state index contributed by atoms with van der Waals surface area (Å²) in [6.45, 7) is 6.28. The van der Waals surface area contributed by atoms with E-state index in [1.54, 1.807) is 12.1 Å². The van der Waals surface area contributed by atoms with Gasteiger partial charge >= 0.3 is 0 Å². The van der Waals surface area contributed by atoms with Crippen molar-refractivity contribution in [2.45, 2.75) is 32.7 Å². The van der Waals surface area contributed by atoms with Gasteiger partial charge in [0, 0.05) is 29.8 Å². The van der Waals surface area contributed by atoms with E-state index in [2.05, 4.69) is 26.1 Å². The quantitative estimate of drug-likeness (QED) is 0.663. The molecule has 0 radical (unpaired) electrons. The third-order valence-electron chi connectivity index (χ3n) is 3.73. The third kappa shape index (κ3) is 4.10. The molecule has 0 aromatic heterocycles. The molecule has 0 fully saturated rings. The zero-order valence-electron chi connectivity index (χ0n) is 13.9. The number of rotatable bonds is 4. The monoisotopic (exact) mass is 328 g/mol. The summed E-state index contributed by atoms with van der Waals surface area (Å²) in [5.41, 5.74) is 1.78. The van der Waals surface area contributed by atoms with E-state index in [1.807, 2.05) is 12.1 Å². The van der Waals surface area contributed by atoms with Gasteiger partial charge in [-0.3, -0.25) is 14.9 Å². The number of benzene rings is 2. The number of aromatic hydroxyl groups is 1. The molecule has 0 aliphatic carbocycles. The maximum Gasteiger partial charge on any atom is 0.270 e. The molecule has 0 heterocycles. The van der Waals surface area contributed by atoms with Crippen LogP contribution in [0, 0.1) is 10.1 Å². The minimum Gasteiger partial charge on any atom is -0.508 e. The third-order valence-corrected chi connectivity index (χ3v) is 3.73. The van der Waals surface area contributed by atoms with Crippen LogP contribution in [0.2, 0.25) is 0 Å². The molecule has 1 amide bonds. The molecule has 2 rings (SSSR count). The second-order valence-electron chi connectivity index (χ2n) is 6.58. The summed E-state index contributed by atoms with van der Waals surface area (Å²) in [5, 5.41) is 23.2. The van der Waals surface area contributed by atoms with Crippen LogP contribution in [0.25, 0.3) is 0 Å². The Morgan fingerprint density at radius 2 is 1.79 bits per heavy atom. The number of hydrogen-bond acceptors (Lipinski definition) is 4. The Morgan fingerprint density at radius 1 is 1.17 bits per heavy atom. The van der Waals surface area contributed by atoms with Crippen molar-refractivity contribution in [3.05, 3.63) is 69.3 Å². The van der Waals surface area contributed by atoms with Gasteiger partial charge in [-0.2, -0.15) is 0 Å². The standard InChI is InChI=1S/C18H20N2O4/c1-18(2,3)14-6-4-12(5-7-14)17(22)19-11-13-10-15(20(23)24)8-9-16(13)21/h4-10,21H,11H2,1-3H3,(H,19,22). The van der Waals surface area contributed by atoms with Crippen LogP contribution in [0.5, 0.6) is 5.75 Å². The first-order chi connectivity index (χ1) is 11.2. The highest BCUT2D eigenvalue weighted by Gasteiger charge is 2.15. The number of phenols is 1. The van der Waals surface area contributed by atoms with Crippen LogP contribution in [0.15, 0.2) is 42.5 Å². The van der Waals surface area contributed by atoms with E-state index in [-0.39, 0.29) is 29.3 Å². The summed E-state index contributed by atoms with van der Waals surface area (Å²) in [4.78, 5) is 22.4. The SMILES string of the molecule is CC(C)(C)c1ccc(C(=O)NCc2cc([N+](=O)[O-])ccc2O)cc1. The van der Waals surface area contributed by atoms with Crippen molar-refractivity contribution in [3.8, 4) is 5.75 Å². The van der Waals surface area contributed by atoms with Gasteiger partial charge in [0.25, 0.3) is 11.6 Å². The summed E-state index contributed by atoms with van der Waals surface area (Å²) >= 11 is 0. The van der Waals surface area contributed by atoms with Gasteiger partial charge in [-0.1, -0.05) is 32.9 Å². The number of nitrogens with one attached hydrogen (secondary N) is 1. The molecule has 2 aromatic rings. The Bertz CT molecular complexity index is 762. The summed E-state index contributed by atoms with van der Waals surface area (Å²) in [6, 6.07) is 11.0. The lowest BCUT2D eigenvalue weighted by Crippen LogP contribution is -2.23. The van der Waals surface area contributed by atoms with E-state index in [1.165, 1.54) is 18.2 Å². The number of carbonyl (C=O) groups excluding carboxylic acids is 1. The summed E-state index contributed by atoms with van der Waals surface area (Å²) in [7, 11) is 0. The topological polar surface area (TPSA) is 92.5 Å². The largest absolute Gasteiger partial charge is 0.508 e. The second kappa shape index (κ2) is 6.70. The molecular formula is C18H20N2O4. The van der Waals surface area contributed by atoms with Gasteiger partial charge in [0.05, 0.1) is 4.92 Å². The molecule has 0 saturated carbocycles. The van der Waals surface area contributed by atoms with Crippen molar-refractivity contribution in [1.82, 2.24) is 5.32 Å². The Hall–Kier alpha value is -2.89. The van der Waals surface area contributed by atoms with Crippen LogP contribution in [-0.4, -0.2) is 15.9 Å². The average molecular weight is 328 g/mol. The van der Waals surface area contributed by atoms with Crippen LogP contribution in [0.4, 0.5) is 5.69 Å². The molecule has 6 heteroatoms. The van der Waals surface area contributed by atoms with Gasteiger partial charge in [-0.15, -0.1) is 0 Å². The van der Waals surface area contributed by atoms with Gasteiger partial charge in [-0.25, -0.2) is 0 Å². The lowest BCUT2D eigenvalue weighted by Gasteiger charge is -2.19. The number of nitrogens with zero attached hydrogens (tertiary/aromatic N) is 1. The summed E-state index contributed by atoms with van der Waals surface area (Å²) < 4.78 is 0. The van der Waals surface area contributed by atoms with Crippen molar-refractivity contribution < 1.29 is 14.8 Å². The minimum atomic E-state index is -0.546. The van der Waals surface area contributed by atoms with Crippen molar-refractivity contribution in [3.63, 3.8) is 0 Å². The minimum absolute atomic E-state index is 0.00374. The smallest absolute Gasteiger partial charge is 0.270 e. The summed E-state index contributed by atoms with van der Waals surface area (Å²) in [5.74, 6) is -0.398. The van der Waals surface area contributed by atoms with Crippen molar-refractivity contribution in [1.29, 1.82) is 0 Å². The predicted octanol–water partition coefficient (Wildman–Crippen LogP) is 3.53. The molecule has 2 aromatic carbocycles. The van der Waals surface area contributed by atoms with E-state index in [9.17, 15) is 20.0 Å². The molecule has 0 bridgehead atoms. The van der Waals surface area contributed by atoms with Gasteiger partial charge in [0.2, 0.25) is 0 Å². The maximum absolute atomic E-state index is 12.2. The fourth-order valence-corrected chi connectivity index (χ4v) is 2.23. The molecule has 2 N–H and O–H groups in total. The maximum atomic E-state index is 12.2. The lowest BCUT2D eigenvalue weighted by atomic mass is 9.87. The summed E-state index contributed by atoms with van der Waals surface area (Å²) in [6.07, 6.45) is 0. The first-order valence-corrected chi connectivity index (χ1v) is 7.53. The van der Waals surface area contributed by atoms with Crippen molar-refractivity contribution in [2.75, 3.05) is 0 Å². The number of phenolic OH excluding ortho intramolecular Hbond substituents is 1. The second-order valence-corrected chi connectivity index (χ2v) is 6.58. The van der Waals surface area contributed by atoms with Crippen molar-refractivity contribution >= 4 is 11.6 Å². The number of non-ortho nitro benzene ring substituents is 1. The van der Waals surface area contributed by atoms with Crippen LogP contribution >= 0.6 is 0 Å². The number of nitro benzene ring substituents is 1. The predicted molar refractivity (Wildman–Crippen MR) is 91.1 cm³/mol. The fourth-order valence-electron chi connectivity index (χ4n) is 2.23. The lowest BCUT2D eigenvalue weighted by molar-refractivity contribution is -0.384. The number of hydrogen-bond donors (Lipinski definition) is 2. The Morgan fingerprint density at radius 3 is 2.33 bits per heavy atom. The molecule has 126 valence electrons. The highest BCUT2D eigenvalue weighted by molar-refractivity contribution is 5.94. The Kier molecular flexibility index (Phi) is 4.87. The van der Waals surface area contributed by atoms with E-state index in [0.717, 1.165) is 5.56 Å². The van der Waals surface area contributed by atoms with E-state index in [4.69, 9.17) is 0 Å². The molecule has 0 atom stereocenters. The normalized spacial score (nSPS) is 11.1. The van der Waals surface area contributed by atoms with Gasteiger partial charge in [0.1, 0.15) is 5.75 Å². The number of nitro groups is 1. The highest BCUT2D eigenvalue weighted by Crippen LogP contribution is 2.24. The van der Waals surface area contributed by atoms with Gasteiger partial charge in [0.15, 0.2) is 0 Å². The first-order valence-electron chi connectivity index (χ1n) is 7.53. The van der Waals surface area contributed by atoms with Crippen molar-refractivity contribution in [2.24, 2.45) is 0 Å². The van der Waals surface area contributed by atoms with E-state index in [0.29, 0.717) is 11.1 Å². The molecule has 0 unspecified atom stereocenters. The molecule has 24 heavy (non-hydrogen) atoms. The molecule has 0 aliphatic rings. The number of carbonyl (C=O) groups is 1. The molecule has 0 aliphatic heterocycles. The zero-order chi connectivity index (χ0) is 17.9. The Balaban J connectivity index is 2.08. The molecular weight excluding hydrogens is 308 g/mol.